The topological polar surface area (TPSA) is 179 Å². The normalized spacial score (nSPS) is 26.0. The third kappa shape index (κ3) is 5.22. The van der Waals surface area contributed by atoms with E-state index in [9.17, 15) is 29.4 Å². The van der Waals surface area contributed by atoms with E-state index >= 15 is 0 Å². The molecule has 164 valence electrons. The van der Waals surface area contributed by atoms with Gasteiger partial charge in [-0.15, -0.1) is 0 Å². The lowest BCUT2D eigenvalue weighted by Crippen LogP contribution is -2.55. The highest BCUT2D eigenvalue weighted by atomic mass is 16.3. The molecule has 6 atom stereocenters. The maximum atomic E-state index is 12.9. The van der Waals surface area contributed by atoms with E-state index in [2.05, 4.69) is 5.32 Å². The third-order valence-electron chi connectivity index (χ3n) is 5.58. The molecule has 0 bridgehead atoms. The molecule has 29 heavy (non-hydrogen) atoms. The quantitative estimate of drug-likeness (QED) is 0.293. The summed E-state index contributed by atoms with van der Waals surface area (Å²) in [6, 6.07) is -2.95. The first-order chi connectivity index (χ1) is 13.5. The Balaban J connectivity index is 1.98. The van der Waals surface area contributed by atoms with Gasteiger partial charge < -0.3 is 36.8 Å². The van der Waals surface area contributed by atoms with Gasteiger partial charge in [0.1, 0.15) is 18.1 Å². The maximum Gasteiger partial charge on any atom is 0.245 e. The Morgan fingerprint density at radius 2 is 1.72 bits per heavy atom. The van der Waals surface area contributed by atoms with E-state index < -0.39 is 54.0 Å². The summed E-state index contributed by atoms with van der Waals surface area (Å²) in [4.78, 5) is 52.1. The highest BCUT2D eigenvalue weighted by molar-refractivity contribution is 5.92. The molecule has 0 radical (unpaired) electrons. The molecule has 0 aromatic heterocycles. The first-order valence-electron chi connectivity index (χ1n) is 9.85. The number of aliphatic hydroxyl groups is 2. The number of amides is 4. The van der Waals surface area contributed by atoms with Gasteiger partial charge in [0.2, 0.25) is 23.6 Å². The molecule has 2 fully saturated rings. The number of nitrogens with zero attached hydrogens (tertiary/aromatic N) is 2. The second-order valence-electron chi connectivity index (χ2n) is 7.86. The van der Waals surface area contributed by atoms with Gasteiger partial charge in [-0.1, -0.05) is 0 Å². The van der Waals surface area contributed by atoms with E-state index in [0.29, 0.717) is 32.4 Å². The van der Waals surface area contributed by atoms with E-state index in [1.54, 1.807) is 0 Å². The Labute approximate surface area is 169 Å². The van der Waals surface area contributed by atoms with Crippen LogP contribution in [-0.2, 0) is 19.2 Å². The van der Waals surface area contributed by atoms with Gasteiger partial charge in [0.25, 0.3) is 0 Å². The highest BCUT2D eigenvalue weighted by Gasteiger charge is 2.42. The lowest BCUT2D eigenvalue weighted by atomic mass is 10.1. The molecule has 7 N–H and O–H groups in total. The zero-order valence-electron chi connectivity index (χ0n) is 16.8. The molecular formula is C18H31N5O6. The summed E-state index contributed by atoms with van der Waals surface area (Å²) in [5, 5.41) is 21.6. The average Bonchev–Trinajstić information content (AvgIpc) is 3.32. The zero-order valence-corrected chi connectivity index (χ0v) is 16.8. The molecule has 11 heteroatoms. The average molecular weight is 413 g/mol. The first kappa shape index (κ1) is 23.0. The van der Waals surface area contributed by atoms with Crippen LogP contribution in [-0.4, -0.2) is 93.6 Å². The van der Waals surface area contributed by atoms with Gasteiger partial charge in [-0.2, -0.15) is 0 Å². The maximum absolute atomic E-state index is 12.9. The van der Waals surface area contributed by atoms with Crippen molar-refractivity contribution in [3.63, 3.8) is 0 Å². The monoisotopic (exact) mass is 413 g/mol. The number of primary amides is 1. The van der Waals surface area contributed by atoms with Crippen molar-refractivity contribution in [3.8, 4) is 0 Å². The van der Waals surface area contributed by atoms with Crippen LogP contribution in [0.15, 0.2) is 0 Å². The van der Waals surface area contributed by atoms with Crippen molar-refractivity contribution in [2.45, 2.75) is 63.4 Å². The van der Waals surface area contributed by atoms with Crippen molar-refractivity contribution in [2.75, 3.05) is 19.6 Å². The van der Waals surface area contributed by atoms with Crippen LogP contribution in [0.4, 0.5) is 0 Å². The zero-order chi connectivity index (χ0) is 21.9. The second kappa shape index (κ2) is 9.51. The fourth-order valence-electron chi connectivity index (χ4n) is 3.77. The van der Waals surface area contributed by atoms with Crippen LogP contribution in [0.25, 0.3) is 0 Å². The molecule has 2 aliphatic rings. The predicted molar refractivity (Wildman–Crippen MR) is 102 cm³/mol. The molecule has 2 saturated heterocycles. The summed E-state index contributed by atoms with van der Waals surface area (Å²) < 4.78 is 0. The van der Waals surface area contributed by atoms with Gasteiger partial charge in [0, 0.05) is 19.6 Å². The summed E-state index contributed by atoms with van der Waals surface area (Å²) in [5.41, 5.74) is 10.9. The second-order valence-corrected chi connectivity index (χ2v) is 7.86. The Bertz CT molecular complexity index is 655. The molecule has 0 aromatic carbocycles. The van der Waals surface area contributed by atoms with Gasteiger partial charge >= 0.3 is 0 Å². The van der Waals surface area contributed by atoms with E-state index in [-0.39, 0.29) is 12.5 Å². The number of nitrogens with two attached hydrogens (primary N) is 2. The summed E-state index contributed by atoms with van der Waals surface area (Å²) in [7, 11) is 0. The van der Waals surface area contributed by atoms with Crippen LogP contribution in [0, 0.1) is 5.92 Å². The number of hydrogen-bond donors (Lipinski definition) is 5. The van der Waals surface area contributed by atoms with Crippen LogP contribution < -0.4 is 16.8 Å². The standard InChI is InChI=1S/C18H31N5O6/c1-9(24)13(19)18(29)23-6-3-4-12(23)17(28)22-7-5-11(8-22)16(27)21-14(10(2)25)15(20)26/h9-14,24-25H,3-8,19H2,1-2H3,(H2,20,26)(H,21,27)/t9-,10-,11-,12-,13+,14?/m1/s1. The van der Waals surface area contributed by atoms with E-state index in [1.165, 1.54) is 23.6 Å². The van der Waals surface area contributed by atoms with Gasteiger partial charge in [0.15, 0.2) is 0 Å². The Kier molecular flexibility index (Phi) is 7.55. The number of aliphatic hydroxyl groups excluding tert-OH is 2. The van der Waals surface area contributed by atoms with Gasteiger partial charge in [-0.25, -0.2) is 0 Å². The molecule has 0 aromatic rings. The molecule has 0 aliphatic carbocycles. The van der Waals surface area contributed by atoms with Crippen molar-refractivity contribution < 1.29 is 29.4 Å². The molecule has 2 heterocycles. The Morgan fingerprint density at radius 1 is 1.07 bits per heavy atom. The Morgan fingerprint density at radius 3 is 2.28 bits per heavy atom. The number of carbonyl (C=O) groups excluding carboxylic acids is 4. The predicted octanol–water partition coefficient (Wildman–Crippen LogP) is -3.12. The SMILES string of the molecule is C[C@@H](O)C(NC(=O)[C@@H]1CCN(C(=O)[C@H]2CCCN2C(=O)[C@@H](N)[C@@H](C)O)C1)C(N)=O. The summed E-state index contributed by atoms with van der Waals surface area (Å²) >= 11 is 0. The van der Waals surface area contributed by atoms with Crippen molar-refractivity contribution in [1.82, 2.24) is 15.1 Å². The summed E-state index contributed by atoms with van der Waals surface area (Å²) in [6.07, 6.45) is -0.605. The molecule has 0 saturated carbocycles. The summed E-state index contributed by atoms with van der Waals surface area (Å²) in [5.74, 6) is -2.56. The molecule has 2 aliphatic heterocycles. The third-order valence-corrected chi connectivity index (χ3v) is 5.58. The van der Waals surface area contributed by atoms with E-state index in [0.717, 1.165) is 0 Å². The first-order valence-corrected chi connectivity index (χ1v) is 9.85. The van der Waals surface area contributed by atoms with E-state index in [1.807, 2.05) is 0 Å². The minimum absolute atomic E-state index is 0.150. The van der Waals surface area contributed by atoms with Crippen LogP contribution in [0.3, 0.4) is 0 Å². The molecule has 11 nitrogen and oxygen atoms in total. The largest absolute Gasteiger partial charge is 0.391 e. The lowest BCUT2D eigenvalue weighted by molar-refractivity contribution is -0.145. The van der Waals surface area contributed by atoms with Crippen molar-refractivity contribution in [3.05, 3.63) is 0 Å². The van der Waals surface area contributed by atoms with Gasteiger partial charge in [-0.3, -0.25) is 19.2 Å². The number of hydrogen-bond acceptors (Lipinski definition) is 7. The van der Waals surface area contributed by atoms with Crippen LogP contribution in [0.2, 0.25) is 0 Å². The molecule has 2 rings (SSSR count). The minimum Gasteiger partial charge on any atom is -0.391 e. The Hall–Kier alpha value is -2.24. The molecule has 4 amide bonds. The fourth-order valence-corrected chi connectivity index (χ4v) is 3.77. The number of likely N-dealkylation sites (tertiary alicyclic amines) is 2. The summed E-state index contributed by atoms with van der Waals surface area (Å²) in [6.45, 7) is 3.66. The lowest BCUT2D eigenvalue weighted by Gasteiger charge is -2.30. The number of carbonyl (C=O) groups is 4. The van der Waals surface area contributed by atoms with Crippen molar-refractivity contribution in [2.24, 2.45) is 17.4 Å². The van der Waals surface area contributed by atoms with Gasteiger partial charge in [0.05, 0.1) is 18.1 Å². The smallest absolute Gasteiger partial charge is 0.245 e. The fraction of sp³-hybridized carbons (Fsp3) is 0.778. The van der Waals surface area contributed by atoms with Crippen LogP contribution >= 0.6 is 0 Å². The molecule has 1 unspecified atom stereocenters. The number of nitrogens with one attached hydrogen (secondary N) is 1. The molecular weight excluding hydrogens is 382 g/mol. The molecule has 0 spiro atoms. The van der Waals surface area contributed by atoms with Crippen molar-refractivity contribution in [1.29, 1.82) is 0 Å². The van der Waals surface area contributed by atoms with Crippen LogP contribution in [0.1, 0.15) is 33.1 Å². The van der Waals surface area contributed by atoms with Crippen molar-refractivity contribution >= 4 is 23.6 Å². The highest BCUT2D eigenvalue weighted by Crippen LogP contribution is 2.24. The minimum atomic E-state index is -1.20. The van der Waals surface area contributed by atoms with Crippen LogP contribution in [0.5, 0.6) is 0 Å². The number of rotatable bonds is 7. The van der Waals surface area contributed by atoms with E-state index in [4.69, 9.17) is 11.5 Å². The van der Waals surface area contributed by atoms with Gasteiger partial charge in [-0.05, 0) is 33.1 Å².